The van der Waals surface area contributed by atoms with Crippen molar-refractivity contribution in [3.63, 3.8) is 0 Å². The van der Waals surface area contributed by atoms with Crippen molar-refractivity contribution in [3.8, 4) is 0 Å². The Hall–Kier alpha value is -3.06. The number of para-hydroxylation sites is 1. The molecule has 7 nitrogen and oxygen atoms in total. The van der Waals surface area contributed by atoms with Gasteiger partial charge in [0.2, 0.25) is 11.8 Å². The largest absolute Gasteiger partial charge is 0.345 e. The second kappa shape index (κ2) is 10.5. The van der Waals surface area contributed by atoms with E-state index in [9.17, 15) is 14.4 Å². The maximum Gasteiger partial charge on any atom is 0.319 e. The number of halogens is 1. The Kier molecular flexibility index (Phi) is 8.03. The summed E-state index contributed by atoms with van der Waals surface area (Å²) in [5.74, 6) is -1.00. The molecule has 0 radical (unpaired) electrons. The fraction of sp³-hybridized carbons (Fsp3) is 0.286. The van der Waals surface area contributed by atoms with Gasteiger partial charge in [-0.15, -0.1) is 0 Å². The van der Waals surface area contributed by atoms with E-state index in [1.54, 1.807) is 49.4 Å². The number of urea groups is 1. The molecule has 4 amide bonds. The number of amides is 4. The van der Waals surface area contributed by atoms with Crippen molar-refractivity contribution < 1.29 is 14.4 Å². The van der Waals surface area contributed by atoms with E-state index in [4.69, 9.17) is 11.6 Å². The monoisotopic (exact) mass is 416 g/mol. The van der Waals surface area contributed by atoms with Gasteiger partial charge in [0.05, 0.1) is 6.54 Å². The fourth-order valence-electron chi connectivity index (χ4n) is 2.58. The number of carbonyl (C=O) groups is 3. The summed E-state index contributed by atoms with van der Waals surface area (Å²) in [6, 6.07) is 12.8. The summed E-state index contributed by atoms with van der Waals surface area (Å²) in [7, 11) is 0. The molecule has 2 rings (SSSR count). The third-order valence-electron chi connectivity index (χ3n) is 4.23. The van der Waals surface area contributed by atoms with E-state index in [1.807, 2.05) is 19.9 Å². The van der Waals surface area contributed by atoms with Crippen LogP contribution >= 0.6 is 11.6 Å². The number of anilines is 2. The lowest BCUT2D eigenvalue weighted by Gasteiger charge is -2.22. The van der Waals surface area contributed by atoms with Crippen LogP contribution < -0.4 is 21.3 Å². The average Bonchev–Trinajstić information content (AvgIpc) is 2.68. The van der Waals surface area contributed by atoms with Crippen LogP contribution in [0, 0.1) is 12.8 Å². The lowest BCUT2D eigenvalue weighted by atomic mass is 10.0. The Morgan fingerprint density at radius 1 is 0.966 bits per heavy atom. The minimum Gasteiger partial charge on any atom is -0.345 e. The molecule has 0 spiro atoms. The zero-order valence-corrected chi connectivity index (χ0v) is 17.3. The van der Waals surface area contributed by atoms with Gasteiger partial charge in [0.1, 0.15) is 6.04 Å². The first-order chi connectivity index (χ1) is 13.8. The first-order valence-corrected chi connectivity index (χ1v) is 9.61. The number of hydrogen-bond acceptors (Lipinski definition) is 3. The lowest BCUT2D eigenvalue weighted by Crippen LogP contribution is -2.52. The Labute approximate surface area is 175 Å². The van der Waals surface area contributed by atoms with E-state index >= 15 is 0 Å². The minimum atomic E-state index is -0.792. The molecule has 0 aliphatic carbocycles. The van der Waals surface area contributed by atoms with Crippen molar-refractivity contribution in [2.24, 2.45) is 5.92 Å². The van der Waals surface area contributed by atoms with Gasteiger partial charge in [0, 0.05) is 16.4 Å². The predicted molar refractivity (Wildman–Crippen MR) is 115 cm³/mol. The number of carbonyl (C=O) groups excluding carboxylic acids is 3. The van der Waals surface area contributed by atoms with Crippen molar-refractivity contribution in [2.75, 3.05) is 17.2 Å². The zero-order chi connectivity index (χ0) is 21.4. The van der Waals surface area contributed by atoms with Gasteiger partial charge >= 0.3 is 6.03 Å². The summed E-state index contributed by atoms with van der Waals surface area (Å²) in [5.41, 5.74) is 1.94. The second-order valence-corrected chi connectivity index (χ2v) is 7.27. The highest BCUT2D eigenvalue weighted by Gasteiger charge is 2.24. The summed E-state index contributed by atoms with van der Waals surface area (Å²) in [6.45, 7) is 5.18. The molecule has 29 heavy (non-hydrogen) atoms. The normalized spacial score (nSPS) is 11.5. The van der Waals surface area contributed by atoms with Crippen LogP contribution in [0.2, 0.25) is 5.02 Å². The Balaban J connectivity index is 1.89. The van der Waals surface area contributed by atoms with Crippen LogP contribution in [-0.2, 0) is 9.59 Å². The van der Waals surface area contributed by atoms with Crippen molar-refractivity contribution in [2.45, 2.75) is 26.8 Å². The quantitative estimate of drug-likeness (QED) is 0.555. The van der Waals surface area contributed by atoms with Crippen LogP contribution in [-0.4, -0.2) is 30.4 Å². The van der Waals surface area contributed by atoms with Gasteiger partial charge in [-0.3, -0.25) is 9.59 Å². The van der Waals surface area contributed by atoms with E-state index in [-0.39, 0.29) is 18.4 Å². The molecule has 0 aliphatic rings. The van der Waals surface area contributed by atoms with E-state index in [2.05, 4.69) is 21.3 Å². The molecule has 8 heteroatoms. The van der Waals surface area contributed by atoms with Crippen LogP contribution in [0.5, 0.6) is 0 Å². The van der Waals surface area contributed by atoms with E-state index in [0.717, 1.165) is 5.56 Å². The third-order valence-corrected chi connectivity index (χ3v) is 4.64. The molecule has 0 aliphatic heterocycles. The lowest BCUT2D eigenvalue weighted by molar-refractivity contribution is -0.126. The number of nitrogens with one attached hydrogen (secondary N) is 4. The van der Waals surface area contributed by atoms with Crippen molar-refractivity contribution >= 4 is 40.8 Å². The van der Waals surface area contributed by atoms with Crippen LogP contribution in [0.15, 0.2) is 48.5 Å². The maximum absolute atomic E-state index is 12.5. The number of rotatable bonds is 7. The van der Waals surface area contributed by atoms with Gasteiger partial charge in [-0.25, -0.2) is 4.79 Å². The van der Waals surface area contributed by atoms with E-state index in [0.29, 0.717) is 16.4 Å². The molecule has 0 saturated carbocycles. The average molecular weight is 417 g/mol. The molecular weight excluding hydrogens is 392 g/mol. The molecule has 0 heterocycles. The molecule has 2 aromatic rings. The summed E-state index contributed by atoms with van der Waals surface area (Å²) in [4.78, 5) is 36.8. The molecule has 0 unspecified atom stereocenters. The van der Waals surface area contributed by atoms with Crippen LogP contribution in [0.3, 0.4) is 0 Å². The SMILES string of the molecule is Cc1c(Cl)cccc1NC(=O)CNC(=O)[C@H](NC(=O)Nc1ccccc1)C(C)C. The summed E-state index contributed by atoms with van der Waals surface area (Å²) in [5, 5.41) is 11.1. The molecule has 154 valence electrons. The Bertz CT molecular complexity index is 871. The summed E-state index contributed by atoms with van der Waals surface area (Å²) < 4.78 is 0. The minimum absolute atomic E-state index is 0.172. The highest BCUT2D eigenvalue weighted by atomic mass is 35.5. The standard InChI is InChI=1S/C21H25ClN4O3/c1-13(2)19(26-21(29)24-15-8-5-4-6-9-15)20(28)23-12-18(27)25-17-11-7-10-16(22)14(17)3/h4-11,13,19H,12H2,1-3H3,(H,23,28)(H,25,27)(H2,24,26,29)/t19-/m1/s1. The summed E-state index contributed by atoms with van der Waals surface area (Å²) >= 11 is 6.04. The molecule has 0 fully saturated rings. The predicted octanol–water partition coefficient (Wildman–Crippen LogP) is 3.55. The molecule has 0 saturated heterocycles. The topological polar surface area (TPSA) is 99.3 Å². The smallest absolute Gasteiger partial charge is 0.319 e. The first kappa shape index (κ1) is 22.2. The van der Waals surface area contributed by atoms with Gasteiger partial charge in [0.15, 0.2) is 0 Å². The number of benzene rings is 2. The Morgan fingerprint density at radius 3 is 2.31 bits per heavy atom. The van der Waals surface area contributed by atoms with Crippen molar-refractivity contribution in [1.82, 2.24) is 10.6 Å². The highest BCUT2D eigenvalue weighted by molar-refractivity contribution is 6.31. The van der Waals surface area contributed by atoms with Gasteiger partial charge < -0.3 is 21.3 Å². The molecule has 0 bridgehead atoms. The molecule has 2 aromatic carbocycles. The zero-order valence-electron chi connectivity index (χ0n) is 16.6. The fourth-order valence-corrected chi connectivity index (χ4v) is 2.75. The van der Waals surface area contributed by atoms with Crippen LogP contribution in [0.4, 0.5) is 16.2 Å². The van der Waals surface area contributed by atoms with Crippen molar-refractivity contribution in [1.29, 1.82) is 0 Å². The highest BCUT2D eigenvalue weighted by Crippen LogP contribution is 2.22. The summed E-state index contributed by atoms with van der Waals surface area (Å²) in [6.07, 6.45) is 0. The molecular formula is C21H25ClN4O3. The van der Waals surface area contributed by atoms with Crippen LogP contribution in [0.25, 0.3) is 0 Å². The van der Waals surface area contributed by atoms with Gasteiger partial charge in [-0.1, -0.05) is 49.7 Å². The van der Waals surface area contributed by atoms with Crippen molar-refractivity contribution in [3.05, 3.63) is 59.1 Å². The van der Waals surface area contributed by atoms with Gasteiger partial charge in [-0.05, 0) is 42.7 Å². The van der Waals surface area contributed by atoms with Gasteiger partial charge in [-0.2, -0.15) is 0 Å². The maximum atomic E-state index is 12.5. The molecule has 0 aromatic heterocycles. The second-order valence-electron chi connectivity index (χ2n) is 6.86. The van der Waals surface area contributed by atoms with E-state index < -0.39 is 18.0 Å². The molecule has 4 N–H and O–H groups in total. The third kappa shape index (κ3) is 6.80. The van der Waals surface area contributed by atoms with E-state index in [1.165, 1.54) is 0 Å². The molecule has 1 atom stereocenters. The Morgan fingerprint density at radius 2 is 1.66 bits per heavy atom. The first-order valence-electron chi connectivity index (χ1n) is 9.23. The van der Waals surface area contributed by atoms with Crippen LogP contribution in [0.1, 0.15) is 19.4 Å². The number of hydrogen-bond donors (Lipinski definition) is 4. The van der Waals surface area contributed by atoms with Gasteiger partial charge in [0.25, 0.3) is 0 Å².